The molecule has 11 nitrogen and oxygen atoms in total. The van der Waals surface area contributed by atoms with Crippen LogP contribution in [0.3, 0.4) is 0 Å². The Labute approximate surface area is 158 Å². The fraction of sp³-hybridized carbons (Fsp3) is 0.933. The van der Waals surface area contributed by atoms with Crippen LogP contribution in [0.15, 0.2) is 0 Å². The first-order valence-corrected chi connectivity index (χ1v) is 10.2. The van der Waals surface area contributed by atoms with Crippen molar-refractivity contribution in [2.75, 3.05) is 61.3 Å². The third-order valence-electron chi connectivity index (χ3n) is 4.01. The Kier molecular flexibility index (Phi) is 9.26. The molecule has 3 N–H and O–H groups in total. The van der Waals surface area contributed by atoms with Crippen molar-refractivity contribution in [3.05, 3.63) is 0 Å². The lowest BCUT2D eigenvalue weighted by Gasteiger charge is -2.41. The Balaban J connectivity index is 2.57. The zero-order chi connectivity index (χ0) is 20.8. The molecular formula is C15H31NO10P+. The highest BCUT2D eigenvalue weighted by atomic mass is 31.2. The molecule has 3 unspecified atom stereocenters. The van der Waals surface area contributed by atoms with Crippen molar-refractivity contribution in [2.24, 2.45) is 0 Å². The van der Waals surface area contributed by atoms with Gasteiger partial charge in [0, 0.05) is 14.2 Å². The van der Waals surface area contributed by atoms with Crippen LogP contribution in [0.5, 0.6) is 0 Å². The lowest BCUT2D eigenvalue weighted by Crippen LogP contribution is -2.61. The highest BCUT2D eigenvalue weighted by molar-refractivity contribution is 7.52. The van der Waals surface area contributed by atoms with Gasteiger partial charge in [-0.05, 0) is 0 Å². The van der Waals surface area contributed by atoms with Gasteiger partial charge in [0.1, 0.15) is 18.3 Å². The Bertz CT molecular complexity index is 525. The van der Waals surface area contributed by atoms with E-state index in [1.165, 1.54) is 14.2 Å². The highest BCUT2D eigenvalue weighted by Gasteiger charge is 2.49. The van der Waals surface area contributed by atoms with Gasteiger partial charge in [-0.25, -0.2) is 4.79 Å². The number of rotatable bonds is 11. The SMILES string of the molecule is COC1OC(C(=O)O)[C@@H](OC)[C@H](O)[C@H]1OCCOP(=O)(O)CC[N+](C)(C)C. The highest BCUT2D eigenvalue weighted by Crippen LogP contribution is 2.41. The summed E-state index contributed by atoms with van der Waals surface area (Å²) in [6.45, 7) is 0.139. The van der Waals surface area contributed by atoms with Crippen LogP contribution in [0.2, 0.25) is 0 Å². The Morgan fingerprint density at radius 1 is 1.15 bits per heavy atom. The van der Waals surface area contributed by atoms with E-state index in [-0.39, 0.29) is 19.4 Å². The Hall–Kier alpha value is -0.620. The van der Waals surface area contributed by atoms with Gasteiger partial charge in [0.15, 0.2) is 12.4 Å². The molecule has 1 heterocycles. The van der Waals surface area contributed by atoms with E-state index in [0.717, 1.165) is 0 Å². The molecule has 27 heavy (non-hydrogen) atoms. The van der Waals surface area contributed by atoms with E-state index in [1.807, 2.05) is 21.1 Å². The normalized spacial score (nSPS) is 31.4. The van der Waals surface area contributed by atoms with E-state index in [4.69, 9.17) is 23.5 Å². The van der Waals surface area contributed by atoms with Crippen molar-refractivity contribution in [1.29, 1.82) is 0 Å². The molecular weight excluding hydrogens is 385 g/mol. The Morgan fingerprint density at radius 2 is 1.78 bits per heavy atom. The number of methoxy groups -OCH3 is 2. The minimum absolute atomic E-state index is 0.00159. The summed E-state index contributed by atoms with van der Waals surface area (Å²) < 4.78 is 38.3. The summed E-state index contributed by atoms with van der Waals surface area (Å²) in [6, 6.07) is 0. The second kappa shape index (κ2) is 10.2. The van der Waals surface area contributed by atoms with Gasteiger partial charge in [-0.2, -0.15) is 0 Å². The van der Waals surface area contributed by atoms with Gasteiger partial charge in [-0.1, -0.05) is 0 Å². The van der Waals surface area contributed by atoms with Crippen LogP contribution >= 0.6 is 7.60 Å². The van der Waals surface area contributed by atoms with Crippen molar-refractivity contribution in [2.45, 2.75) is 30.7 Å². The molecule has 1 aliphatic rings. The summed E-state index contributed by atoms with van der Waals surface area (Å²) in [5.74, 6) is -1.30. The molecule has 0 aromatic rings. The first-order valence-electron chi connectivity index (χ1n) is 8.42. The smallest absolute Gasteiger partial charge is 0.335 e. The van der Waals surface area contributed by atoms with Gasteiger partial charge in [-0.15, -0.1) is 0 Å². The number of nitrogens with zero attached hydrogens (tertiary/aromatic N) is 1. The van der Waals surface area contributed by atoms with Crippen molar-refractivity contribution >= 4 is 13.6 Å². The van der Waals surface area contributed by atoms with E-state index >= 15 is 0 Å². The standard InChI is InChI=1S/C15H30NO10P/c1-16(2,3)6-9-27(20,21)25-8-7-24-12-10(17)11(22-4)13(14(18)19)26-15(12)23-5/h10-13,15,17H,6-9H2,1-5H3,(H-,18,19,20,21)/p+1/t10-,11-,12+,13?,15?/m0/s1. The first kappa shape index (κ1) is 24.4. The number of ether oxygens (including phenoxy) is 4. The summed E-state index contributed by atoms with van der Waals surface area (Å²) in [6.07, 6.45) is -6.12. The van der Waals surface area contributed by atoms with Crippen molar-refractivity contribution in [3.63, 3.8) is 0 Å². The molecule has 0 spiro atoms. The number of carbonyl (C=O) groups is 1. The number of carboxylic acid groups (broad SMARTS) is 1. The van der Waals surface area contributed by atoms with E-state index in [2.05, 4.69) is 0 Å². The summed E-state index contributed by atoms with van der Waals surface area (Å²) >= 11 is 0. The van der Waals surface area contributed by atoms with Crippen LogP contribution in [0.1, 0.15) is 0 Å². The Morgan fingerprint density at radius 3 is 2.26 bits per heavy atom. The number of carboxylic acids is 1. The van der Waals surface area contributed by atoms with Gasteiger partial charge < -0.3 is 43.1 Å². The monoisotopic (exact) mass is 416 g/mol. The molecule has 1 saturated heterocycles. The fourth-order valence-corrected chi connectivity index (χ4v) is 3.85. The van der Waals surface area contributed by atoms with Gasteiger partial charge in [0.05, 0.1) is 47.1 Å². The number of hydrogen-bond donors (Lipinski definition) is 3. The van der Waals surface area contributed by atoms with Crippen LogP contribution in [0.4, 0.5) is 0 Å². The molecule has 0 aliphatic carbocycles. The number of quaternary nitrogens is 1. The number of hydrogen-bond acceptors (Lipinski definition) is 8. The van der Waals surface area contributed by atoms with E-state index in [9.17, 15) is 24.5 Å². The average Bonchev–Trinajstić information content (AvgIpc) is 2.56. The second-order valence-corrected chi connectivity index (χ2v) is 9.21. The molecule has 1 rings (SSSR count). The summed E-state index contributed by atoms with van der Waals surface area (Å²) in [4.78, 5) is 21.1. The predicted molar refractivity (Wildman–Crippen MR) is 93.4 cm³/mol. The minimum Gasteiger partial charge on any atom is -0.479 e. The number of aliphatic hydroxyl groups excluding tert-OH is 1. The van der Waals surface area contributed by atoms with E-state index in [1.54, 1.807) is 0 Å². The topological polar surface area (TPSA) is 141 Å². The summed E-state index contributed by atoms with van der Waals surface area (Å²) in [5, 5.41) is 19.5. The molecule has 0 aromatic carbocycles. The van der Waals surface area contributed by atoms with E-state index in [0.29, 0.717) is 11.0 Å². The van der Waals surface area contributed by atoms with Crippen LogP contribution in [0, 0.1) is 0 Å². The quantitative estimate of drug-likeness (QED) is 0.221. The van der Waals surface area contributed by atoms with Gasteiger partial charge in [-0.3, -0.25) is 4.57 Å². The maximum atomic E-state index is 12.0. The van der Waals surface area contributed by atoms with Crippen LogP contribution in [0.25, 0.3) is 0 Å². The molecule has 0 amide bonds. The molecule has 0 bridgehead atoms. The fourth-order valence-electron chi connectivity index (χ4n) is 2.51. The molecule has 0 radical (unpaired) electrons. The molecule has 160 valence electrons. The van der Waals surface area contributed by atoms with Crippen molar-refractivity contribution in [1.82, 2.24) is 0 Å². The molecule has 1 fully saturated rings. The largest absolute Gasteiger partial charge is 0.479 e. The van der Waals surface area contributed by atoms with Crippen LogP contribution in [-0.2, 0) is 32.8 Å². The third-order valence-corrected chi connectivity index (χ3v) is 5.36. The molecule has 1 aliphatic heterocycles. The minimum atomic E-state index is -3.76. The lowest BCUT2D eigenvalue weighted by molar-refractivity contribution is -0.867. The lowest BCUT2D eigenvalue weighted by atomic mass is 9.98. The van der Waals surface area contributed by atoms with Crippen molar-refractivity contribution in [3.8, 4) is 0 Å². The maximum absolute atomic E-state index is 12.0. The van der Waals surface area contributed by atoms with Gasteiger partial charge in [0.2, 0.25) is 0 Å². The van der Waals surface area contributed by atoms with Crippen molar-refractivity contribution < 1.29 is 52.4 Å². The number of aliphatic carboxylic acids is 1. The zero-order valence-corrected chi connectivity index (χ0v) is 17.2. The first-order chi connectivity index (χ1) is 12.4. The maximum Gasteiger partial charge on any atom is 0.335 e. The third kappa shape index (κ3) is 7.72. The average molecular weight is 416 g/mol. The molecule has 6 atom stereocenters. The molecule has 12 heteroatoms. The van der Waals surface area contributed by atoms with Crippen LogP contribution in [-0.4, -0.2) is 118 Å². The zero-order valence-electron chi connectivity index (χ0n) is 16.3. The van der Waals surface area contributed by atoms with E-state index < -0.39 is 44.3 Å². The van der Waals surface area contributed by atoms with Gasteiger partial charge >= 0.3 is 13.6 Å². The molecule has 0 aromatic heterocycles. The second-order valence-electron chi connectivity index (χ2n) is 7.23. The van der Waals surface area contributed by atoms with Crippen LogP contribution < -0.4 is 0 Å². The molecule has 0 saturated carbocycles. The predicted octanol–water partition coefficient (Wildman–Crippen LogP) is -0.888. The summed E-state index contributed by atoms with van der Waals surface area (Å²) in [5.41, 5.74) is 0. The number of aliphatic hydroxyl groups is 1. The van der Waals surface area contributed by atoms with Gasteiger partial charge in [0.25, 0.3) is 0 Å². The summed E-state index contributed by atoms with van der Waals surface area (Å²) in [7, 11) is 4.46.